The highest BCUT2D eigenvalue weighted by Crippen LogP contribution is 2.25. The van der Waals surface area contributed by atoms with E-state index < -0.39 is 0 Å². The lowest BCUT2D eigenvalue weighted by Crippen LogP contribution is -2.32. The van der Waals surface area contributed by atoms with Gasteiger partial charge in [-0.15, -0.1) is 11.3 Å². The van der Waals surface area contributed by atoms with E-state index in [4.69, 9.17) is 4.42 Å². The van der Waals surface area contributed by atoms with Crippen LogP contribution in [-0.4, -0.2) is 17.4 Å². The number of nitrogens with zero attached hydrogens (tertiary/aromatic N) is 2. The molecular weight excluding hydrogens is 380 g/mol. The molecule has 3 aromatic heterocycles. The van der Waals surface area contributed by atoms with Crippen LogP contribution in [0.25, 0.3) is 11.3 Å². The Balaban J connectivity index is 1.50. The first-order chi connectivity index (χ1) is 14.3. The number of thiophene rings is 1. The number of aromatic nitrogens is 1. The number of carbonyl (C=O) groups excluding carboxylic acids is 1. The van der Waals surface area contributed by atoms with E-state index in [2.05, 4.69) is 22.5 Å². The van der Waals surface area contributed by atoms with E-state index in [1.807, 2.05) is 53.4 Å². The monoisotopic (exact) mass is 402 g/mol. The summed E-state index contributed by atoms with van der Waals surface area (Å²) in [5.74, 6) is 0.738. The van der Waals surface area contributed by atoms with Gasteiger partial charge in [-0.05, 0) is 79.2 Å². The second kappa shape index (κ2) is 9.34. The van der Waals surface area contributed by atoms with Crippen LogP contribution in [0.5, 0.6) is 0 Å². The number of furan rings is 1. The maximum absolute atomic E-state index is 13.1. The van der Waals surface area contributed by atoms with Crippen LogP contribution in [0.1, 0.15) is 28.2 Å². The van der Waals surface area contributed by atoms with Crippen molar-refractivity contribution in [1.82, 2.24) is 4.98 Å². The summed E-state index contributed by atoms with van der Waals surface area (Å²) in [5, 5.41) is 2.10. The molecule has 0 unspecified atom stereocenters. The van der Waals surface area contributed by atoms with Crippen LogP contribution in [-0.2, 0) is 6.42 Å². The van der Waals surface area contributed by atoms with Crippen molar-refractivity contribution in [2.24, 2.45) is 0 Å². The van der Waals surface area contributed by atoms with Crippen LogP contribution in [0, 0.1) is 0 Å². The summed E-state index contributed by atoms with van der Waals surface area (Å²) in [6.07, 6.45) is 6.32. The van der Waals surface area contributed by atoms with Gasteiger partial charge in [0.2, 0.25) is 0 Å². The first-order valence-corrected chi connectivity index (χ1v) is 10.6. The number of carbonyl (C=O) groups is 1. The predicted octanol–water partition coefficient (Wildman–Crippen LogP) is 6.07. The summed E-state index contributed by atoms with van der Waals surface area (Å²) >= 11 is 1.78. The summed E-state index contributed by atoms with van der Waals surface area (Å²) in [6, 6.07) is 21.4. The van der Waals surface area contributed by atoms with E-state index in [1.54, 1.807) is 29.9 Å². The third-order valence-corrected chi connectivity index (χ3v) is 5.69. The number of aryl methyl sites for hydroxylation is 1. The van der Waals surface area contributed by atoms with Crippen molar-refractivity contribution in [3.05, 3.63) is 95.1 Å². The normalized spacial score (nSPS) is 10.8. The molecule has 0 atom stereocenters. The van der Waals surface area contributed by atoms with Crippen molar-refractivity contribution >= 4 is 22.9 Å². The molecule has 0 aliphatic rings. The van der Waals surface area contributed by atoms with Crippen molar-refractivity contribution in [1.29, 1.82) is 0 Å². The molecule has 0 saturated carbocycles. The van der Waals surface area contributed by atoms with Crippen LogP contribution >= 0.6 is 11.3 Å². The standard InChI is InChI=1S/C24H22N2O2S/c27-24(22-9-1-3-15-25-22)26(16-4-2-7-21-8-6-18-29-21)20-13-11-19(12-14-20)23-10-5-17-28-23/h1,3,5-6,8-15,17-18H,2,4,7,16H2. The zero-order chi connectivity index (χ0) is 19.9. The Morgan fingerprint density at radius 1 is 0.966 bits per heavy atom. The summed E-state index contributed by atoms with van der Waals surface area (Å²) in [6.45, 7) is 0.654. The molecule has 3 heterocycles. The Morgan fingerprint density at radius 2 is 1.86 bits per heavy atom. The molecule has 1 amide bonds. The molecule has 0 spiro atoms. The molecule has 0 fully saturated rings. The molecule has 0 radical (unpaired) electrons. The van der Waals surface area contributed by atoms with Gasteiger partial charge in [0.05, 0.1) is 6.26 Å². The zero-order valence-corrected chi connectivity index (χ0v) is 16.8. The van der Waals surface area contributed by atoms with Crippen LogP contribution in [0.2, 0.25) is 0 Å². The molecule has 1 aromatic carbocycles. The largest absolute Gasteiger partial charge is 0.464 e. The summed E-state index contributed by atoms with van der Waals surface area (Å²) in [4.78, 5) is 20.6. The van der Waals surface area contributed by atoms with E-state index >= 15 is 0 Å². The smallest absolute Gasteiger partial charge is 0.276 e. The Kier molecular flexibility index (Phi) is 6.17. The number of benzene rings is 1. The molecule has 0 bridgehead atoms. The van der Waals surface area contributed by atoms with E-state index in [0.717, 1.165) is 36.3 Å². The van der Waals surface area contributed by atoms with Crippen molar-refractivity contribution in [3.63, 3.8) is 0 Å². The number of anilines is 1. The van der Waals surface area contributed by atoms with Crippen LogP contribution in [0.3, 0.4) is 0 Å². The van der Waals surface area contributed by atoms with E-state index in [-0.39, 0.29) is 5.91 Å². The maximum atomic E-state index is 13.1. The lowest BCUT2D eigenvalue weighted by Gasteiger charge is -2.23. The van der Waals surface area contributed by atoms with Gasteiger partial charge in [-0.25, -0.2) is 0 Å². The molecule has 146 valence electrons. The van der Waals surface area contributed by atoms with E-state index in [9.17, 15) is 4.79 Å². The number of rotatable bonds is 8. The molecule has 0 aliphatic heterocycles. The summed E-state index contributed by atoms with van der Waals surface area (Å²) in [5.41, 5.74) is 2.31. The fourth-order valence-electron chi connectivity index (χ4n) is 3.25. The van der Waals surface area contributed by atoms with Gasteiger partial charge < -0.3 is 9.32 Å². The van der Waals surface area contributed by atoms with E-state index in [0.29, 0.717) is 12.2 Å². The van der Waals surface area contributed by atoms with Gasteiger partial charge in [0.1, 0.15) is 11.5 Å². The van der Waals surface area contributed by atoms with Gasteiger partial charge in [-0.2, -0.15) is 0 Å². The van der Waals surface area contributed by atoms with Gasteiger partial charge in [-0.3, -0.25) is 9.78 Å². The first-order valence-electron chi connectivity index (χ1n) is 9.70. The molecule has 29 heavy (non-hydrogen) atoms. The van der Waals surface area contributed by atoms with Crippen LogP contribution < -0.4 is 4.90 Å². The summed E-state index contributed by atoms with van der Waals surface area (Å²) in [7, 11) is 0. The highest BCUT2D eigenvalue weighted by Gasteiger charge is 2.18. The van der Waals surface area contributed by atoms with Gasteiger partial charge in [0.25, 0.3) is 5.91 Å². The fourth-order valence-corrected chi connectivity index (χ4v) is 4.00. The highest BCUT2D eigenvalue weighted by molar-refractivity contribution is 7.09. The van der Waals surface area contributed by atoms with Gasteiger partial charge in [0, 0.05) is 28.9 Å². The van der Waals surface area contributed by atoms with Crippen LogP contribution in [0.4, 0.5) is 5.69 Å². The lowest BCUT2D eigenvalue weighted by atomic mass is 10.1. The minimum absolute atomic E-state index is 0.0764. The lowest BCUT2D eigenvalue weighted by molar-refractivity contribution is 0.0981. The molecule has 0 N–H and O–H groups in total. The predicted molar refractivity (Wildman–Crippen MR) is 117 cm³/mol. The molecule has 0 aliphatic carbocycles. The Bertz CT molecular complexity index is 1010. The number of pyridine rings is 1. The molecule has 4 aromatic rings. The first kappa shape index (κ1) is 19.2. The van der Waals surface area contributed by atoms with Crippen LogP contribution in [0.15, 0.2) is 89.0 Å². The third-order valence-electron chi connectivity index (χ3n) is 4.75. The highest BCUT2D eigenvalue weighted by atomic mass is 32.1. The number of unbranched alkanes of at least 4 members (excludes halogenated alkanes) is 1. The Morgan fingerprint density at radius 3 is 2.55 bits per heavy atom. The Hall–Kier alpha value is -3.18. The van der Waals surface area contributed by atoms with E-state index in [1.165, 1.54) is 4.88 Å². The quantitative estimate of drug-likeness (QED) is 0.336. The average Bonchev–Trinajstić information content (AvgIpc) is 3.49. The van der Waals surface area contributed by atoms with Crippen molar-refractivity contribution in [2.75, 3.05) is 11.4 Å². The SMILES string of the molecule is O=C(c1ccccn1)N(CCCCc1cccs1)c1ccc(-c2ccco2)cc1. The zero-order valence-electron chi connectivity index (χ0n) is 16.0. The Labute approximate surface area is 174 Å². The number of hydrogen-bond acceptors (Lipinski definition) is 4. The molecule has 0 saturated heterocycles. The minimum Gasteiger partial charge on any atom is -0.464 e. The molecule has 4 nitrogen and oxygen atoms in total. The number of amides is 1. The van der Waals surface area contributed by atoms with Gasteiger partial charge >= 0.3 is 0 Å². The number of hydrogen-bond donors (Lipinski definition) is 0. The minimum atomic E-state index is -0.0764. The van der Waals surface area contributed by atoms with Gasteiger partial charge in [0.15, 0.2) is 0 Å². The molecule has 4 rings (SSSR count). The van der Waals surface area contributed by atoms with Gasteiger partial charge in [-0.1, -0.05) is 12.1 Å². The third kappa shape index (κ3) is 4.81. The van der Waals surface area contributed by atoms with Crippen molar-refractivity contribution in [3.8, 4) is 11.3 Å². The maximum Gasteiger partial charge on any atom is 0.276 e. The molecule has 5 heteroatoms. The molecular formula is C24H22N2O2S. The second-order valence-corrected chi connectivity index (χ2v) is 7.76. The average molecular weight is 403 g/mol. The summed E-state index contributed by atoms with van der Waals surface area (Å²) < 4.78 is 5.46. The second-order valence-electron chi connectivity index (χ2n) is 6.73. The fraction of sp³-hybridized carbons (Fsp3) is 0.167. The van der Waals surface area contributed by atoms with Crippen molar-refractivity contribution < 1.29 is 9.21 Å². The van der Waals surface area contributed by atoms with Crippen molar-refractivity contribution in [2.45, 2.75) is 19.3 Å². The topological polar surface area (TPSA) is 46.3 Å².